The summed E-state index contributed by atoms with van der Waals surface area (Å²) in [6.07, 6.45) is 3.22. The van der Waals surface area contributed by atoms with Crippen LogP contribution in [-0.2, 0) is 22.9 Å². The highest BCUT2D eigenvalue weighted by molar-refractivity contribution is 9.10. The topological polar surface area (TPSA) is 72.2 Å². The molecule has 1 aliphatic carbocycles. The van der Waals surface area contributed by atoms with Crippen molar-refractivity contribution >= 4 is 37.3 Å². The number of anilines is 2. The van der Waals surface area contributed by atoms with Crippen LogP contribution < -0.4 is 10.5 Å². The van der Waals surface area contributed by atoms with Crippen molar-refractivity contribution < 1.29 is 8.42 Å². The van der Waals surface area contributed by atoms with Gasteiger partial charge in [0.15, 0.2) is 0 Å². The normalized spacial score (nSPS) is 14.0. The van der Waals surface area contributed by atoms with Gasteiger partial charge in [-0.25, -0.2) is 8.42 Å². The Morgan fingerprint density at radius 3 is 2.57 bits per heavy atom. The third-order valence-electron chi connectivity index (χ3n) is 3.63. The molecule has 0 heterocycles. The van der Waals surface area contributed by atoms with Crippen molar-refractivity contribution in [1.82, 2.24) is 0 Å². The number of fused-ring (bicyclic) bond motifs is 1. The lowest BCUT2D eigenvalue weighted by molar-refractivity contribution is 0.601. The van der Waals surface area contributed by atoms with Crippen LogP contribution in [0.2, 0.25) is 0 Å². The van der Waals surface area contributed by atoms with E-state index in [0.717, 1.165) is 19.3 Å². The molecule has 6 heteroatoms. The van der Waals surface area contributed by atoms with Gasteiger partial charge in [-0.05, 0) is 76.7 Å². The maximum absolute atomic E-state index is 12.4. The van der Waals surface area contributed by atoms with Crippen LogP contribution in [-0.4, -0.2) is 8.42 Å². The summed E-state index contributed by atoms with van der Waals surface area (Å²) in [5.74, 6) is 0. The van der Waals surface area contributed by atoms with Crippen molar-refractivity contribution in [2.75, 3.05) is 10.5 Å². The van der Waals surface area contributed by atoms with E-state index in [2.05, 4.69) is 20.7 Å². The second-order valence-corrected chi connectivity index (χ2v) is 7.66. The van der Waals surface area contributed by atoms with Gasteiger partial charge in [0.2, 0.25) is 0 Å². The predicted molar refractivity (Wildman–Crippen MR) is 87.8 cm³/mol. The van der Waals surface area contributed by atoms with E-state index in [9.17, 15) is 8.42 Å². The summed E-state index contributed by atoms with van der Waals surface area (Å²) in [7, 11) is -3.62. The van der Waals surface area contributed by atoms with Gasteiger partial charge in [-0.15, -0.1) is 0 Å². The number of aryl methyl sites for hydroxylation is 2. The molecule has 110 valence electrons. The first-order valence-electron chi connectivity index (χ1n) is 6.65. The molecule has 0 radical (unpaired) electrons. The van der Waals surface area contributed by atoms with Crippen molar-refractivity contribution in [1.29, 1.82) is 0 Å². The van der Waals surface area contributed by atoms with Gasteiger partial charge in [-0.1, -0.05) is 6.07 Å². The van der Waals surface area contributed by atoms with Gasteiger partial charge in [0.1, 0.15) is 0 Å². The van der Waals surface area contributed by atoms with Crippen molar-refractivity contribution in [3.8, 4) is 0 Å². The summed E-state index contributed by atoms with van der Waals surface area (Å²) >= 11 is 3.26. The number of nitrogen functional groups attached to an aromatic ring is 1. The van der Waals surface area contributed by atoms with Gasteiger partial charge in [0.05, 0.1) is 4.90 Å². The summed E-state index contributed by atoms with van der Waals surface area (Å²) in [5, 5.41) is 0. The van der Waals surface area contributed by atoms with Crippen molar-refractivity contribution in [3.63, 3.8) is 0 Å². The van der Waals surface area contributed by atoms with Gasteiger partial charge in [-0.3, -0.25) is 4.72 Å². The molecule has 0 saturated carbocycles. The molecule has 0 atom stereocenters. The molecule has 0 spiro atoms. The average molecular weight is 367 g/mol. The summed E-state index contributed by atoms with van der Waals surface area (Å²) in [4.78, 5) is 0.156. The maximum atomic E-state index is 12.4. The minimum atomic E-state index is -3.62. The van der Waals surface area contributed by atoms with Crippen molar-refractivity contribution in [3.05, 3.63) is 52.0 Å². The van der Waals surface area contributed by atoms with Crippen LogP contribution in [0.25, 0.3) is 0 Å². The van der Waals surface area contributed by atoms with Crippen LogP contribution >= 0.6 is 15.9 Å². The maximum Gasteiger partial charge on any atom is 0.261 e. The number of benzene rings is 2. The Hall–Kier alpha value is -1.53. The summed E-state index contributed by atoms with van der Waals surface area (Å²) in [5.41, 5.74) is 9.27. The van der Waals surface area contributed by atoms with E-state index in [-0.39, 0.29) is 4.90 Å². The smallest absolute Gasteiger partial charge is 0.261 e. The van der Waals surface area contributed by atoms with E-state index < -0.39 is 10.0 Å². The molecule has 3 rings (SSSR count). The third-order valence-corrected chi connectivity index (χ3v) is 5.73. The monoisotopic (exact) mass is 366 g/mol. The highest BCUT2D eigenvalue weighted by atomic mass is 79.9. The SMILES string of the molecule is Nc1cc(S(=O)(=O)Nc2ccc3c(c2)CCC3)ccc1Br. The first-order valence-corrected chi connectivity index (χ1v) is 8.93. The number of halogens is 1. The van der Waals surface area contributed by atoms with Gasteiger partial charge in [0.25, 0.3) is 10.0 Å². The zero-order chi connectivity index (χ0) is 15.0. The Morgan fingerprint density at radius 2 is 1.81 bits per heavy atom. The second kappa shape index (κ2) is 5.35. The molecule has 21 heavy (non-hydrogen) atoms. The first kappa shape index (κ1) is 14.4. The Morgan fingerprint density at radius 1 is 1.05 bits per heavy atom. The van der Waals surface area contributed by atoms with Crippen LogP contribution in [0.1, 0.15) is 17.5 Å². The molecule has 2 aromatic rings. The summed E-state index contributed by atoms with van der Waals surface area (Å²) in [6, 6.07) is 10.3. The molecule has 1 aliphatic rings. The van der Waals surface area contributed by atoms with E-state index >= 15 is 0 Å². The second-order valence-electron chi connectivity index (χ2n) is 5.13. The number of nitrogens with two attached hydrogens (primary N) is 1. The Labute approximate surface area is 132 Å². The number of nitrogens with one attached hydrogen (secondary N) is 1. The molecule has 0 amide bonds. The average Bonchev–Trinajstić information content (AvgIpc) is 2.88. The van der Waals surface area contributed by atoms with Gasteiger partial charge < -0.3 is 5.73 Å². The number of rotatable bonds is 3. The fraction of sp³-hybridized carbons (Fsp3) is 0.200. The molecule has 4 nitrogen and oxygen atoms in total. The predicted octanol–water partition coefficient (Wildman–Crippen LogP) is 3.32. The number of sulfonamides is 1. The highest BCUT2D eigenvalue weighted by Gasteiger charge is 2.17. The molecule has 0 aliphatic heterocycles. The van der Waals surface area contributed by atoms with E-state index in [1.807, 2.05) is 18.2 Å². The van der Waals surface area contributed by atoms with Crippen molar-refractivity contribution in [2.45, 2.75) is 24.2 Å². The molecule has 2 aromatic carbocycles. The molecular formula is C15H15BrN2O2S. The summed E-state index contributed by atoms with van der Waals surface area (Å²) in [6.45, 7) is 0. The fourth-order valence-electron chi connectivity index (χ4n) is 2.54. The molecule has 0 aromatic heterocycles. The minimum Gasteiger partial charge on any atom is -0.398 e. The van der Waals surface area contributed by atoms with Gasteiger partial charge in [0, 0.05) is 15.8 Å². The Kier molecular flexibility index (Phi) is 3.67. The van der Waals surface area contributed by atoms with E-state index in [1.165, 1.54) is 23.3 Å². The van der Waals surface area contributed by atoms with Crippen LogP contribution in [0.4, 0.5) is 11.4 Å². The zero-order valence-electron chi connectivity index (χ0n) is 11.3. The highest BCUT2D eigenvalue weighted by Crippen LogP contribution is 2.27. The standard InChI is InChI=1S/C15H15BrN2O2S/c16-14-7-6-13(9-15(14)17)21(19,20)18-12-5-4-10-2-1-3-11(10)8-12/h4-9,18H,1-3,17H2. The molecule has 0 unspecified atom stereocenters. The van der Waals surface area contributed by atoms with Crippen LogP contribution in [0.3, 0.4) is 0 Å². The van der Waals surface area contributed by atoms with Crippen LogP contribution in [0, 0.1) is 0 Å². The van der Waals surface area contributed by atoms with E-state index in [4.69, 9.17) is 5.73 Å². The van der Waals surface area contributed by atoms with Crippen LogP contribution in [0.15, 0.2) is 45.8 Å². The molecule has 0 saturated heterocycles. The lowest BCUT2D eigenvalue weighted by atomic mass is 10.1. The molecule has 0 bridgehead atoms. The fourth-order valence-corrected chi connectivity index (χ4v) is 3.87. The summed E-state index contributed by atoms with van der Waals surface area (Å²) < 4.78 is 28.1. The minimum absolute atomic E-state index is 0.156. The number of hydrogen-bond donors (Lipinski definition) is 2. The quantitative estimate of drug-likeness (QED) is 0.818. The Balaban J connectivity index is 1.90. The largest absolute Gasteiger partial charge is 0.398 e. The van der Waals surface area contributed by atoms with Gasteiger partial charge in [-0.2, -0.15) is 0 Å². The molecule has 0 fully saturated rings. The molecule has 3 N–H and O–H groups in total. The van der Waals surface area contributed by atoms with Gasteiger partial charge >= 0.3 is 0 Å². The number of hydrogen-bond acceptors (Lipinski definition) is 3. The first-order chi connectivity index (χ1) is 9.95. The lowest BCUT2D eigenvalue weighted by Gasteiger charge is -2.10. The van der Waals surface area contributed by atoms with Crippen molar-refractivity contribution in [2.24, 2.45) is 0 Å². The third kappa shape index (κ3) is 2.91. The van der Waals surface area contributed by atoms with E-state index in [0.29, 0.717) is 15.8 Å². The van der Waals surface area contributed by atoms with E-state index in [1.54, 1.807) is 6.07 Å². The Bertz CT molecular complexity index is 803. The zero-order valence-corrected chi connectivity index (χ0v) is 13.7. The lowest BCUT2D eigenvalue weighted by Crippen LogP contribution is -2.13. The van der Waals surface area contributed by atoms with Crippen LogP contribution in [0.5, 0.6) is 0 Å². The molecular weight excluding hydrogens is 352 g/mol.